The van der Waals surface area contributed by atoms with Crippen LogP contribution >= 0.6 is 0 Å². The predicted octanol–water partition coefficient (Wildman–Crippen LogP) is 4.23. The van der Waals surface area contributed by atoms with E-state index in [4.69, 9.17) is 0 Å². The average molecular weight is 296 g/mol. The topological polar surface area (TPSA) is 55.2 Å². The number of non-ortho nitro benzene ring substituents is 1. The molecule has 0 saturated carbocycles. The summed E-state index contributed by atoms with van der Waals surface area (Å²) in [4.78, 5) is 9.98. The number of anilines is 1. The molecule has 0 aliphatic heterocycles. The van der Waals surface area contributed by atoms with Gasteiger partial charge in [-0.3, -0.25) is 10.1 Å². The van der Waals surface area contributed by atoms with Crippen molar-refractivity contribution in [2.24, 2.45) is 0 Å². The lowest BCUT2D eigenvalue weighted by atomic mass is 10.1. The third kappa shape index (κ3) is 3.95. The molecule has 0 heterocycles. The number of nitrogens with zero attached hydrogens (tertiary/aromatic N) is 1. The highest BCUT2D eigenvalue weighted by Crippen LogP contribution is 2.29. The lowest BCUT2D eigenvalue weighted by Crippen LogP contribution is -2.06. The maximum atomic E-state index is 12.6. The van der Waals surface area contributed by atoms with Crippen LogP contribution in [-0.4, -0.2) is 4.92 Å². The molecule has 0 radical (unpaired) electrons. The molecular weight excluding hydrogens is 285 g/mol. The van der Waals surface area contributed by atoms with Crippen molar-refractivity contribution in [3.63, 3.8) is 0 Å². The number of hydrogen-bond donors (Lipinski definition) is 1. The van der Waals surface area contributed by atoms with E-state index in [0.717, 1.165) is 12.1 Å². The Kier molecular flexibility index (Phi) is 4.11. The summed E-state index contributed by atoms with van der Waals surface area (Å²) >= 11 is 0. The Morgan fingerprint density at radius 3 is 2.33 bits per heavy atom. The van der Waals surface area contributed by atoms with Crippen molar-refractivity contribution in [2.75, 3.05) is 5.32 Å². The van der Waals surface area contributed by atoms with Crippen LogP contribution in [0.2, 0.25) is 0 Å². The van der Waals surface area contributed by atoms with Gasteiger partial charge in [0, 0.05) is 24.4 Å². The molecule has 0 amide bonds. The van der Waals surface area contributed by atoms with Gasteiger partial charge in [0.2, 0.25) is 0 Å². The number of alkyl halides is 3. The van der Waals surface area contributed by atoms with Gasteiger partial charge in [-0.15, -0.1) is 0 Å². The number of nitro benzene ring substituents is 1. The van der Waals surface area contributed by atoms with Crippen LogP contribution < -0.4 is 5.32 Å². The first kappa shape index (κ1) is 14.8. The minimum absolute atomic E-state index is 0.0420. The number of halogens is 3. The van der Waals surface area contributed by atoms with Gasteiger partial charge < -0.3 is 5.32 Å². The number of rotatable bonds is 4. The van der Waals surface area contributed by atoms with Crippen LogP contribution in [0, 0.1) is 10.1 Å². The molecule has 0 bridgehead atoms. The van der Waals surface area contributed by atoms with Crippen LogP contribution in [-0.2, 0) is 12.7 Å². The summed E-state index contributed by atoms with van der Waals surface area (Å²) in [5.41, 5.74) is 0.325. The van der Waals surface area contributed by atoms with Gasteiger partial charge in [0.25, 0.3) is 5.69 Å². The molecule has 2 aromatic rings. The number of hydrogen-bond acceptors (Lipinski definition) is 3. The van der Waals surface area contributed by atoms with Gasteiger partial charge in [-0.2, -0.15) is 13.2 Å². The van der Waals surface area contributed by atoms with Crippen LogP contribution in [0.3, 0.4) is 0 Å². The summed E-state index contributed by atoms with van der Waals surface area (Å²) in [7, 11) is 0. The highest BCUT2D eigenvalue weighted by Gasteiger charge is 2.30. The van der Waals surface area contributed by atoms with E-state index in [2.05, 4.69) is 5.32 Å². The van der Waals surface area contributed by atoms with Crippen LogP contribution in [0.15, 0.2) is 48.5 Å². The molecule has 0 aliphatic carbocycles. The summed E-state index contributed by atoms with van der Waals surface area (Å²) in [6, 6.07) is 10.7. The molecule has 0 spiro atoms. The Morgan fingerprint density at radius 2 is 1.76 bits per heavy atom. The lowest BCUT2D eigenvalue weighted by Gasteiger charge is -2.10. The van der Waals surface area contributed by atoms with Gasteiger partial charge in [0.15, 0.2) is 0 Å². The normalized spacial score (nSPS) is 11.2. The molecule has 1 N–H and O–H groups in total. The van der Waals surface area contributed by atoms with Crippen LogP contribution in [0.5, 0.6) is 0 Å². The van der Waals surface area contributed by atoms with Crippen molar-refractivity contribution in [3.8, 4) is 0 Å². The molecule has 0 aromatic heterocycles. The summed E-state index contributed by atoms with van der Waals surface area (Å²) in [5, 5.41) is 13.4. The molecule has 2 aromatic carbocycles. The number of nitrogens with one attached hydrogen (secondary N) is 1. The van der Waals surface area contributed by atoms with E-state index in [9.17, 15) is 23.3 Å². The quantitative estimate of drug-likeness (QED) is 0.678. The van der Waals surface area contributed by atoms with Crippen LogP contribution in [0.1, 0.15) is 11.1 Å². The summed E-state index contributed by atoms with van der Waals surface area (Å²) in [6.07, 6.45) is -4.37. The maximum Gasteiger partial charge on any atom is 0.416 e. The van der Waals surface area contributed by atoms with E-state index in [1.165, 1.54) is 30.3 Å². The number of benzene rings is 2. The van der Waals surface area contributed by atoms with E-state index < -0.39 is 16.7 Å². The summed E-state index contributed by atoms with van der Waals surface area (Å²) in [5.74, 6) is 0. The molecule has 2 rings (SSSR count). The highest BCUT2D eigenvalue weighted by molar-refractivity contribution is 5.48. The van der Waals surface area contributed by atoms with E-state index in [1.807, 2.05) is 0 Å². The van der Waals surface area contributed by atoms with Gasteiger partial charge in [0.05, 0.1) is 10.5 Å². The van der Waals surface area contributed by atoms with Crippen molar-refractivity contribution in [1.29, 1.82) is 0 Å². The Balaban J connectivity index is 2.04. The third-order valence-corrected chi connectivity index (χ3v) is 2.83. The Morgan fingerprint density at radius 1 is 1.10 bits per heavy atom. The first-order valence-electron chi connectivity index (χ1n) is 6.01. The van der Waals surface area contributed by atoms with E-state index in [1.54, 1.807) is 6.07 Å². The highest BCUT2D eigenvalue weighted by atomic mass is 19.4. The van der Waals surface area contributed by atoms with Crippen LogP contribution in [0.25, 0.3) is 0 Å². The van der Waals surface area contributed by atoms with Crippen molar-refractivity contribution >= 4 is 11.4 Å². The van der Waals surface area contributed by atoms with Gasteiger partial charge in [-0.05, 0) is 29.8 Å². The molecule has 0 atom stereocenters. The zero-order chi connectivity index (χ0) is 15.5. The Bertz CT molecular complexity index is 639. The zero-order valence-electron chi connectivity index (χ0n) is 10.7. The molecule has 0 fully saturated rings. The Labute approximate surface area is 118 Å². The average Bonchev–Trinajstić information content (AvgIpc) is 2.45. The fraction of sp³-hybridized carbons (Fsp3) is 0.143. The first-order valence-corrected chi connectivity index (χ1v) is 6.01. The molecule has 21 heavy (non-hydrogen) atoms. The minimum atomic E-state index is -4.37. The molecule has 7 heteroatoms. The van der Waals surface area contributed by atoms with E-state index >= 15 is 0 Å². The van der Waals surface area contributed by atoms with Crippen molar-refractivity contribution in [3.05, 3.63) is 69.8 Å². The van der Waals surface area contributed by atoms with Gasteiger partial charge in [-0.1, -0.05) is 12.1 Å². The molecule has 110 valence electrons. The monoisotopic (exact) mass is 296 g/mol. The van der Waals surface area contributed by atoms with E-state index in [-0.39, 0.29) is 12.2 Å². The van der Waals surface area contributed by atoms with Crippen molar-refractivity contribution < 1.29 is 18.1 Å². The molecule has 0 saturated heterocycles. The summed E-state index contributed by atoms with van der Waals surface area (Å²) < 4.78 is 37.7. The van der Waals surface area contributed by atoms with E-state index in [0.29, 0.717) is 11.3 Å². The van der Waals surface area contributed by atoms with Crippen molar-refractivity contribution in [1.82, 2.24) is 0 Å². The molecule has 4 nitrogen and oxygen atoms in total. The van der Waals surface area contributed by atoms with Gasteiger partial charge in [0.1, 0.15) is 0 Å². The smallest absolute Gasteiger partial charge is 0.381 e. The maximum absolute atomic E-state index is 12.6. The standard InChI is InChI=1S/C14H11F3N2O2/c15-14(16,17)11-3-1-2-10(8-11)9-18-12-4-6-13(7-5-12)19(20)21/h1-8,18H,9H2. The number of nitro groups is 1. The fourth-order valence-corrected chi connectivity index (χ4v) is 1.76. The second kappa shape index (κ2) is 5.82. The minimum Gasteiger partial charge on any atom is -0.381 e. The third-order valence-electron chi connectivity index (χ3n) is 2.83. The largest absolute Gasteiger partial charge is 0.416 e. The first-order chi connectivity index (χ1) is 9.86. The van der Waals surface area contributed by atoms with Crippen molar-refractivity contribution in [2.45, 2.75) is 12.7 Å². The molecule has 0 aliphatic rings. The Hall–Kier alpha value is -2.57. The van der Waals surface area contributed by atoms with Crippen LogP contribution in [0.4, 0.5) is 24.5 Å². The predicted molar refractivity (Wildman–Crippen MR) is 71.9 cm³/mol. The lowest BCUT2D eigenvalue weighted by molar-refractivity contribution is -0.384. The molecule has 0 unspecified atom stereocenters. The molecular formula is C14H11F3N2O2. The van der Waals surface area contributed by atoms with Gasteiger partial charge >= 0.3 is 6.18 Å². The zero-order valence-corrected chi connectivity index (χ0v) is 10.7. The second-order valence-electron chi connectivity index (χ2n) is 4.36. The summed E-state index contributed by atoms with van der Waals surface area (Å²) in [6.45, 7) is 0.196. The second-order valence-corrected chi connectivity index (χ2v) is 4.36. The fourth-order valence-electron chi connectivity index (χ4n) is 1.76. The van der Waals surface area contributed by atoms with Gasteiger partial charge in [-0.25, -0.2) is 0 Å². The SMILES string of the molecule is O=[N+]([O-])c1ccc(NCc2cccc(C(F)(F)F)c2)cc1.